The molecule has 0 fully saturated rings. The Morgan fingerprint density at radius 1 is 1.45 bits per heavy atom. The second-order valence-corrected chi connectivity index (χ2v) is 6.19. The van der Waals surface area contributed by atoms with E-state index in [1.165, 1.54) is 24.2 Å². The number of hydrogen-bond acceptors (Lipinski definition) is 3. The van der Waals surface area contributed by atoms with E-state index in [1.807, 2.05) is 11.8 Å². The summed E-state index contributed by atoms with van der Waals surface area (Å²) in [7, 11) is 2.10. The summed E-state index contributed by atoms with van der Waals surface area (Å²) < 4.78 is 0. The molecule has 0 spiro atoms. The monoisotopic (exact) mass is 427 g/mol. The first-order valence-corrected chi connectivity index (χ1v) is 9.11. The van der Waals surface area contributed by atoms with Crippen molar-refractivity contribution in [2.24, 2.45) is 4.99 Å². The highest BCUT2D eigenvalue weighted by molar-refractivity contribution is 14.0. The number of halogens is 1. The summed E-state index contributed by atoms with van der Waals surface area (Å²) in [4.78, 5) is 6.89. The maximum absolute atomic E-state index is 4.69. The van der Waals surface area contributed by atoms with Crippen LogP contribution in [-0.2, 0) is 6.54 Å². The van der Waals surface area contributed by atoms with Crippen LogP contribution >= 0.6 is 47.1 Å². The number of aliphatic imine (C=N–C) groups is 1. The van der Waals surface area contributed by atoms with Crippen LogP contribution in [0.3, 0.4) is 0 Å². The van der Waals surface area contributed by atoms with Crippen LogP contribution in [0.15, 0.2) is 21.8 Å². The first-order valence-electron chi connectivity index (χ1n) is 6.77. The molecule has 1 aromatic heterocycles. The van der Waals surface area contributed by atoms with Gasteiger partial charge in [0.2, 0.25) is 0 Å². The van der Waals surface area contributed by atoms with Crippen molar-refractivity contribution in [1.82, 2.24) is 10.2 Å². The number of thiophene rings is 1. The van der Waals surface area contributed by atoms with Gasteiger partial charge in [-0.3, -0.25) is 4.99 Å². The molecule has 0 bridgehead atoms. The first-order chi connectivity index (χ1) is 9.27. The molecule has 0 unspecified atom stereocenters. The van der Waals surface area contributed by atoms with Gasteiger partial charge in [0, 0.05) is 26.7 Å². The maximum atomic E-state index is 4.69. The van der Waals surface area contributed by atoms with E-state index >= 15 is 0 Å². The highest BCUT2D eigenvalue weighted by Gasteiger charge is 2.06. The standard InChI is InChI=1S/C14H25N3S2.HI/c1-4-15-14(16-8-5-6-9-18-3)17(2)11-13-7-10-19-12-13;/h7,10,12H,4-6,8-9,11H2,1-3H3,(H,15,16);1H. The topological polar surface area (TPSA) is 27.6 Å². The molecule has 20 heavy (non-hydrogen) atoms. The number of rotatable bonds is 8. The zero-order valence-electron chi connectivity index (χ0n) is 12.6. The lowest BCUT2D eigenvalue weighted by molar-refractivity contribution is 0.477. The highest BCUT2D eigenvalue weighted by atomic mass is 127. The van der Waals surface area contributed by atoms with Crippen LogP contribution in [0.1, 0.15) is 25.3 Å². The molecule has 6 heteroatoms. The minimum atomic E-state index is 0. The van der Waals surface area contributed by atoms with E-state index < -0.39 is 0 Å². The Balaban J connectivity index is 0.00000361. The van der Waals surface area contributed by atoms with Gasteiger partial charge in [-0.25, -0.2) is 0 Å². The van der Waals surface area contributed by atoms with Crippen molar-refractivity contribution in [3.05, 3.63) is 22.4 Å². The molecular weight excluding hydrogens is 401 g/mol. The van der Waals surface area contributed by atoms with Gasteiger partial charge < -0.3 is 10.2 Å². The summed E-state index contributed by atoms with van der Waals surface area (Å²) in [6.07, 6.45) is 4.57. The Morgan fingerprint density at radius 2 is 2.25 bits per heavy atom. The SMILES string of the molecule is CCNC(=NCCCCSC)N(C)Cc1ccsc1.I. The van der Waals surface area contributed by atoms with Gasteiger partial charge >= 0.3 is 0 Å². The van der Waals surface area contributed by atoms with Crippen LogP contribution in [0.25, 0.3) is 0 Å². The Morgan fingerprint density at radius 3 is 2.85 bits per heavy atom. The predicted molar refractivity (Wildman–Crippen MR) is 105 cm³/mol. The fourth-order valence-electron chi connectivity index (χ4n) is 1.74. The average Bonchev–Trinajstić information content (AvgIpc) is 2.90. The van der Waals surface area contributed by atoms with Crippen LogP contribution in [0.2, 0.25) is 0 Å². The molecule has 0 aliphatic rings. The predicted octanol–water partition coefficient (Wildman–Crippen LogP) is 3.91. The molecule has 0 aromatic carbocycles. The van der Waals surface area contributed by atoms with Crippen LogP contribution in [0.4, 0.5) is 0 Å². The van der Waals surface area contributed by atoms with Gasteiger partial charge in [-0.05, 0) is 54.2 Å². The smallest absolute Gasteiger partial charge is 0.193 e. The molecular formula is C14H26IN3S2. The van der Waals surface area contributed by atoms with Crippen molar-refractivity contribution in [1.29, 1.82) is 0 Å². The van der Waals surface area contributed by atoms with Crippen molar-refractivity contribution in [3.63, 3.8) is 0 Å². The van der Waals surface area contributed by atoms with E-state index in [0.717, 1.165) is 25.6 Å². The Kier molecular flexibility index (Phi) is 12.8. The van der Waals surface area contributed by atoms with E-state index in [-0.39, 0.29) is 24.0 Å². The lowest BCUT2D eigenvalue weighted by Gasteiger charge is -2.21. The third kappa shape index (κ3) is 8.36. The second-order valence-electron chi connectivity index (χ2n) is 4.42. The molecule has 0 saturated heterocycles. The number of hydrogen-bond donors (Lipinski definition) is 1. The Bertz CT molecular complexity index is 355. The van der Waals surface area contributed by atoms with Crippen molar-refractivity contribution < 1.29 is 0 Å². The van der Waals surface area contributed by atoms with Crippen LogP contribution in [-0.4, -0.2) is 43.0 Å². The van der Waals surface area contributed by atoms with E-state index in [1.54, 1.807) is 11.3 Å². The lowest BCUT2D eigenvalue weighted by Crippen LogP contribution is -2.38. The Hall–Kier alpha value is 0.0500. The summed E-state index contributed by atoms with van der Waals surface area (Å²) in [6, 6.07) is 2.17. The van der Waals surface area contributed by atoms with Crippen molar-refractivity contribution in [3.8, 4) is 0 Å². The molecule has 0 aliphatic carbocycles. The quantitative estimate of drug-likeness (QED) is 0.295. The summed E-state index contributed by atoms with van der Waals surface area (Å²) in [5.74, 6) is 2.24. The largest absolute Gasteiger partial charge is 0.357 e. The molecule has 0 atom stereocenters. The van der Waals surface area contributed by atoms with E-state index in [9.17, 15) is 0 Å². The lowest BCUT2D eigenvalue weighted by atomic mass is 10.3. The number of thioether (sulfide) groups is 1. The number of unbranched alkanes of at least 4 members (excludes halogenated alkanes) is 1. The zero-order chi connectivity index (χ0) is 13.9. The zero-order valence-corrected chi connectivity index (χ0v) is 16.6. The van der Waals surface area contributed by atoms with Gasteiger partial charge in [-0.2, -0.15) is 23.1 Å². The van der Waals surface area contributed by atoms with Gasteiger partial charge in [0.1, 0.15) is 0 Å². The molecule has 1 rings (SSSR count). The second kappa shape index (κ2) is 12.8. The minimum Gasteiger partial charge on any atom is -0.357 e. The fourth-order valence-corrected chi connectivity index (χ4v) is 2.90. The van der Waals surface area contributed by atoms with Crippen LogP contribution < -0.4 is 5.32 Å². The molecule has 0 radical (unpaired) electrons. The van der Waals surface area contributed by atoms with Crippen LogP contribution in [0.5, 0.6) is 0 Å². The van der Waals surface area contributed by atoms with Gasteiger partial charge in [-0.15, -0.1) is 24.0 Å². The van der Waals surface area contributed by atoms with Gasteiger partial charge in [0.15, 0.2) is 5.96 Å². The molecule has 1 N–H and O–H groups in total. The summed E-state index contributed by atoms with van der Waals surface area (Å²) >= 11 is 3.65. The van der Waals surface area contributed by atoms with Crippen molar-refractivity contribution >= 4 is 53.0 Å². The summed E-state index contributed by atoms with van der Waals surface area (Å²) in [5, 5.41) is 7.67. The molecule has 116 valence electrons. The third-order valence-corrected chi connectivity index (χ3v) is 4.14. The van der Waals surface area contributed by atoms with Crippen molar-refractivity contribution in [2.75, 3.05) is 32.1 Å². The average molecular weight is 427 g/mol. The summed E-state index contributed by atoms with van der Waals surface area (Å²) in [6.45, 7) is 4.86. The fraction of sp³-hybridized carbons (Fsp3) is 0.643. The van der Waals surface area contributed by atoms with Crippen LogP contribution in [0, 0.1) is 0 Å². The number of guanidine groups is 1. The molecule has 3 nitrogen and oxygen atoms in total. The molecule has 0 amide bonds. The third-order valence-electron chi connectivity index (χ3n) is 2.71. The minimum absolute atomic E-state index is 0. The van der Waals surface area contributed by atoms with E-state index in [0.29, 0.717) is 0 Å². The van der Waals surface area contributed by atoms with E-state index in [4.69, 9.17) is 4.99 Å². The molecule has 0 aliphatic heterocycles. The van der Waals surface area contributed by atoms with Gasteiger partial charge in [-0.1, -0.05) is 0 Å². The van der Waals surface area contributed by atoms with Gasteiger partial charge in [0.25, 0.3) is 0 Å². The Labute approximate surface area is 148 Å². The number of nitrogens with zero attached hydrogens (tertiary/aromatic N) is 2. The molecule has 1 heterocycles. The van der Waals surface area contributed by atoms with Crippen molar-refractivity contribution in [2.45, 2.75) is 26.3 Å². The molecule has 0 saturated carbocycles. The maximum Gasteiger partial charge on any atom is 0.193 e. The normalized spacial score (nSPS) is 11.1. The summed E-state index contributed by atoms with van der Waals surface area (Å²) in [5.41, 5.74) is 1.35. The number of nitrogens with one attached hydrogen (secondary N) is 1. The van der Waals surface area contributed by atoms with E-state index in [2.05, 4.69) is 47.3 Å². The highest BCUT2D eigenvalue weighted by Crippen LogP contribution is 2.08. The molecule has 1 aromatic rings. The first kappa shape index (κ1) is 20.1. The van der Waals surface area contributed by atoms with Gasteiger partial charge in [0.05, 0.1) is 0 Å².